The van der Waals surface area contributed by atoms with Gasteiger partial charge in [-0.05, 0) is 35.9 Å². The van der Waals surface area contributed by atoms with Gasteiger partial charge in [0.1, 0.15) is 5.75 Å². The quantitative estimate of drug-likeness (QED) is 0.728. The molecule has 5 heteroatoms. The Hall–Kier alpha value is -2.01. The molecule has 4 nitrogen and oxygen atoms in total. The van der Waals surface area contributed by atoms with Gasteiger partial charge in [0.05, 0.1) is 17.8 Å². The number of para-hydroxylation sites is 1. The van der Waals surface area contributed by atoms with Crippen LogP contribution in [0.2, 0.25) is 5.02 Å². The molecule has 0 fully saturated rings. The third kappa shape index (κ3) is 5.28. The second-order valence-electron chi connectivity index (χ2n) is 5.22. The van der Waals surface area contributed by atoms with Crippen LogP contribution in [-0.2, 0) is 6.42 Å². The van der Waals surface area contributed by atoms with E-state index in [-0.39, 0.29) is 6.04 Å². The number of nitrogens with one attached hydrogen (secondary N) is 1. The lowest BCUT2D eigenvalue weighted by Crippen LogP contribution is -2.28. The van der Waals surface area contributed by atoms with Crippen molar-refractivity contribution in [3.05, 3.63) is 70.9 Å². The second kappa shape index (κ2) is 8.58. The highest BCUT2D eigenvalue weighted by Crippen LogP contribution is 2.23. The number of halogens is 1. The van der Waals surface area contributed by atoms with Crippen LogP contribution < -0.4 is 21.5 Å². The monoisotopic (exact) mass is 331 g/mol. The van der Waals surface area contributed by atoms with E-state index in [2.05, 4.69) is 5.32 Å². The summed E-state index contributed by atoms with van der Waals surface area (Å²) in [6, 6.07) is 15.3. The minimum atomic E-state index is -0.210. The topological polar surface area (TPSA) is 73.3 Å². The zero-order valence-corrected chi connectivity index (χ0v) is 13.9. The van der Waals surface area contributed by atoms with E-state index >= 15 is 0 Å². The van der Waals surface area contributed by atoms with Crippen LogP contribution in [0.1, 0.15) is 5.56 Å². The molecule has 1 unspecified atom stereocenters. The Kier molecular flexibility index (Phi) is 6.47. The van der Waals surface area contributed by atoms with E-state index in [1.807, 2.05) is 54.6 Å². The Labute approximate surface area is 142 Å². The van der Waals surface area contributed by atoms with Gasteiger partial charge in [-0.1, -0.05) is 35.9 Å². The molecule has 0 aliphatic heterocycles. The number of ether oxygens (including phenoxy) is 1. The summed E-state index contributed by atoms with van der Waals surface area (Å²) in [5.41, 5.74) is 14.6. The van der Waals surface area contributed by atoms with Crippen molar-refractivity contribution in [2.24, 2.45) is 11.5 Å². The smallest absolute Gasteiger partial charge is 0.118 e. The molecule has 23 heavy (non-hydrogen) atoms. The Bertz CT molecular complexity index is 656. The molecule has 0 spiro atoms. The zero-order valence-electron chi connectivity index (χ0n) is 13.1. The van der Waals surface area contributed by atoms with Gasteiger partial charge in [-0.15, -0.1) is 0 Å². The summed E-state index contributed by atoms with van der Waals surface area (Å²) in [4.78, 5) is 0. The minimum Gasteiger partial charge on any atom is -0.497 e. The molecule has 2 aromatic rings. The first kappa shape index (κ1) is 17.3. The molecule has 0 bridgehead atoms. The van der Waals surface area contributed by atoms with Crippen molar-refractivity contribution in [2.45, 2.75) is 12.5 Å². The van der Waals surface area contributed by atoms with Crippen LogP contribution in [0.3, 0.4) is 0 Å². The van der Waals surface area contributed by atoms with Crippen LogP contribution in [0.25, 0.3) is 0 Å². The Morgan fingerprint density at radius 2 is 1.91 bits per heavy atom. The van der Waals surface area contributed by atoms with Crippen LogP contribution in [0, 0.1) is 0 Å². The zero-order chi connectivity index (χ0) is 16.7. The molecule has 0 saturated heterocycles. The number of allylic oxidation sites excluding steroid dienone is 1. The van der Waals surface area contributed by atoms with Crippen molar-refractivity contribution >= 4 is 17.3 Å². The van der Waals surface area contributed by atoms with Crippen LogP contribution in [0.5, 0.6) is 5.75 Å². The fourth-order valence-corrected chi connectivity index (χ4v) is 2.35. The number of methoxy groups -OCH3 is 1. The average Bonchev–Trinajstić information content (AvgIpc) is 2.57. The molecule has 1 atom stereocenters. The van der Waals surface area contributed by atoms with Crippen LogP contribution in [0.15, 0.2) is 60.3 Å². The maximum absolute atomic E-state index is 6.22. The van der Waals surface area contributed by atoms with Crippen molar-refractivity contribution in [1.82, 2.24) is 0 Å². The molecule has 122 valence electrons. The number of benzene rings is 2. The van der Waals surface area contributed by atoms with E-state index in [9.17, 15) is 0 Å². The normalized spacial score (nSPS) is 12.8. The number of hydrogen-bond donors (Lipinski definition) is 3. The lowest BCUT2D eigenvalue weighted by molar-refractivity contribution is 0.414. The van der Waals surface area contributed by atoms with Gasteiger partial charge in [-0.2, -0.15) is 0 Å². The van der Waals surface area contributed by atoms with Crippen molar-refractivity contribution in [2.75, 3.05) is 19.0 Å². The number of nitrogens with two attached hydrogens (primary N) is 2. The molecular weight excluding hydrogens is 310 g/mol. The molecule has 0 amide bonds. The van der Waals surface area contributed by atoms with Crippen LogP contribution >= 0.6 is 11.6 Å². The third-order valence-electron chi connectivity index (χ3n) is 3.41. The molecule has 0 aliphatic carbocycles. The first-order valence-electron chi connectivity index (χ1n) is 7.43. The number of rotatable bonds is 7. The van der Waals surface area contributed by atoms with Crippen molar-refractivity contribution in [3.63, 3.8) is 0 Å². The van der Waals surface area contributed by atoms with E-state index in [1.165, 1.54) is 0 Å². The predicted octanol–water partition coefficient (Wildman–Crippen LogP) is 3.17. The summed E-state index contributed by atoms with van der Waals surface area (Å²) < 4.78 is 5.18. The molecule has 0 aliphatic rings. The number of anilines is 1. The van der Waals surface area contributed by atoms with Crippen LogP contribution in [0.4, 0.5) is 5.69 Å². The van der Waals surface area contributed by atoms with Gasteiger partial charge in [-0.25, -0.2) is 0 Å². The van der Waals surface area contributed by atoms with Crippen molar-refractivity contribution in [1.29, 1.82) is 0 Å². The van der Waals surface area contributed by atoms with Gasteiger partial charge in [0, 0.05) is 24.7 Å². The first-order valence-corrected chi connectivity index (χ1v) is 7.81. The molecule has 0 saturated carbocycles. The molecule has 0 heterocycles. The van der Waals surface area contributed by atoms with Crippen LogP contribution in [-0.4, -0.2) is 19.7 Å². The third-order valence-corrected chi connectivity index (χ3v) is 3.74. The molecule has 5 N–H and O–H groups in total. The Balaban J connectivity index is 2.20. The molecule has 2 rings (SSSR count). The molecule has 0 aromatic heterocycles. The molecule has 0 radical (unpaired) electrons. The van der Waals surface area contributed by atoms with Gasteiger partial charge < -0.3 is 21.5 Å². The first-order chi connectivity index (χ1) is 11.1. The fraction of sp³-hybridized carbons (Fsp3) is 0.222. The highest BCUT2D eigenvalue weighted by Gasteiger charge is 2.06. The van der Waals surface area contributed by atoms with E-state index < -0.39 is 0 Å². The summed E-state index contributed by atoms with van der Waals surface area (Å²) >= 11 is 6.22. The summed E-state index contributed by atoms with van der Waals surface area (Å²) in [5.74, 6) is 0.831. The van der Waals surface area contributed by atoms with Crippen molar-refractivity contribution in [3.8, 4) is 5.75 Å². The van der Waals surface area contributed by atoms with E-state index in [0.29, 0.717) is 18.0 Å². The van der Waals surface area contributed by atoms with Gasteiger partial charge in [0.15, 0.2) is 0 Å². The second-order valence-corrected chi connectivity index (χ2v) is 5.63. The van der Waals surface area contributed by atoms with Gasteiger partial charge in [0.25, 0.3) is 0 Å². The van der Waals surface area contributed by atoms with Crippen molar-refractivity contribution < 1.29 is 4.74 Å². The summed E-state index contributed by atoms with van der Waals surface area (Å²) in [6.07, 6.45) is 2.64. The summed E-state index contributed by atoms with van der Waals surface area (Å²) in [7, 11) is 1.65. The standard InChI is InChI=1S/C18H22ClN3O/c1-23-16-8-6-13(7-9-16)10-15(11-14(21)12-20)22-18-5-3-2-4-17(18)19/h2-9,11,14,22H,10,12,20-21H2,1H3/b15-11-. The summed E-state index contributed by atoms with van der Waals surface area (Å²) in [6.45, 7) is 0.385. The fourth-order valence-electron chi connectivity index (χ4n) is 2.17. The maximum Gasteiger partial charge on any atom is 0.118 e. The lowest BCUT2D eigenvalue weighted by atomic mass is 10.1. The molecule has 2 aromatic carbocycles. The highest BCUT2D eigenvalue weighted by atomic mass is 35.5. The SMILES string of the molecule is COc1ccc(C/C(=C/C(N)CN)Nc2ccccc2Cl)cc1. The summed E-state index contributed by atoms with van der Waals surface area (Å²) in [5, 5.41) is 4.01. The maximum atomic E-state index is 6.22. The van der Waals surface area contributed by atoms with Gasteiger partial charge in [0.2, 0.25) is 0 Å². The van der Waals surface area contributed by atoms with Gasteiger partial charge in [-0.3, -0.25) is 0 Å². The predicted molar refractivity (Wildman–Crippen MR) is 96.9 cm³/mol. The van der Waals surface area contributed by atoms with Gasteiger partial charge >= 0.3 is 0 Å². The van der Waals surface area contributed by atoms with E-state index in [1.54, 1.807) is 7.11 Å². The average molecular weight is 332 g/mol. The largest absolute Gasteiger partial charge is 0.497 e. The van der Waals surface area contributed by atoms with E-state index in [4.69, 9.17) is 27.8 Å². The Morgan fingerprint density at radius 1 is 1.22 bits per heavy atom. The lowest BCUT2D eigenvalue weighted by Gasteiger charge is -2.15. The van der Waals surface area contributed by atoms with E-state index in [0.717, 1.165) is 22.7 Å². The molecular formula is C18H22ClN3O. The minimum absolute atomic E-state index is 0.210. The Morgan fingerprint density at radius 3 is 2.52 bits per heavy atom. The number of hydrogen-bond acceptors (Lipinski definition) is 4. The highest BCUT2D eigenvalue weighted by molar-refractivity contribution is 6.33.